The molecule has 2 aromatic rings. The molecule has 0 bridgehead atoms. The van der Waals surface area contributed by atoms with Crippen molar-refractivity contribution in [2.45, 2.75) is 32.7 Å². The van der Waals surface area contributed by atoms with Crippen molar-refractivity contribution >= 4 is 16.9 Å². The normalized spacial score (nSPS) is 18.7. The molecule has 1 aromatic carbocycles. The number of nitrogens with one attached hydrogen (secondary N) is 1. The highest BCUT2D eigenvalue weighted by atomic mass is 16.5. The number of esters is 1. The predicted octanol–water partition coefficient (Wildman–Crippen LogP) is 2.33. The third kappa shape index (κ3) is 3.48. The third-order valence-corrected chi connectivity index (χ3v) is 4.73. The zero-order chi connectivity index (χ0) is 17.1. The van der Waals surface area contributed by atoms with E-state index in [1.54, 1.807) is 18.2 Å². The molecule has 0 spiro atoms. The fourth-order valence-corrected chi connectivity index (χ4v) is 3.35. The Bertz CT molecular complexity index is 800. The Kier molecular flexibility index (Phi) is 4.94. The fraction of sp³-hybridized carbons (Fsp3) is 0.500. The molecule has 1 N–H and O–H groups in total. The predicted molar refractivity (Wildman–Crippen MR) is 92.0 cm³/mol. The summed E-state index contributed by atoms with van der Waals surface area (Å²) in [6.07, 6.45) is 3.64. The number of piperidine rings is 1. The summed E-state index contributed by atoms with van der Waals surface area (Å²) in [5, 5.41) is 0.483. The van der Waals surface area contributed by atoms with Gasteiger partial charge in [-0.1, -0.05) is 13.3 Å². The van der Waals surface area contributed by atoms with E-state index in [0.717, 1.165) is 19.0 Å². The van der Waals surface area contributed by atoms with E-state index in [4.69, 9.17) is 4.74 Å². The highest BCUT2D eigenvalue weighted by Crippen LogP contribution is 2.20. The van der Waals surface area contributed by atoms with Gasteiger partial charge < -0.3 is 9.72 Å². The molecule has 1 aromatic heterocycles. The second-order valence-corrected chi connectivity index (χ2v) is 6.39. The third-order valence-electron chi connectivity index (χ3n) is 4.73. The molecule has 1 aliphatic rings. The van der Waals surface area contributed by atoms with E-state index < -0.39 is 5.97 Å². The maximum Gasteiger partial charge on any atom is 0.337 e. The summed E-state index contributed by atoms with van der Waals surface area (Å²) in [6, 6.07) is 4.82. The topological polar surface area (TPSA) is 75.3 Å². The molecular weight excluding hydrogens is 306 g/mol. The minimum Gasteiger partial charge on any atom is -0.465 e. The van der Waals surface area contributed by atoms with Crippen molar-refractivity contribution in [3.05, 3.63) is 39.9 Å². The largest absolute Gasteiger partial charge is 0.465 e. The first-order valence-electron chi connectivity index (χ1n) is 8.44. The van der Waals surface area contributed by atoms with E-state index >= 15 is 0 Å². The Morgan fingerprint density at radius 3 is 3.04 bits per heavy atom. The van der Waals surface area contributed by atoms with Crippen LogP contribution in [-0.2, 0) is 11.3 Å². The van der Waals surface area contributed by atoms with Crippen LogP contribution < -0.4 is 5.56 Å². The summed E-state index contributed by atoms with van der Waals surface area (Å²) < 4.78 is 4.73. The van der Waals surface area contributed by atoms with Crippen LogP contribution in [0.15, 0.2) is 23.0 Å². The van der Waals surface area contributed by atoms with Crippen molar-refractivity contribution in [1.82, 2.24) is 14.9 Å². The highest BCUT2D eigenvalue weighted by Gasteiger charge is 2.19. The van der Waals surface area contributed by atoms with Crippen LogP contribution in [0.3, 0.4) is 0 Å². The lowest BCUT2D eigenvalue weighted by atomic mass is 9.96. The second-order valence-electron chi connectivity index (χ2n) is 6.39. The summed E-state index contributed by atoms with van der Waals surface area (Å²) in [5.41, 5.74) is 0.759. The maximum atomic E-state index is 12.3. The molecule has 0 amide bonds. The average Bonchev–Trinajstić information content (AvgIpc) is 2.60. The molecular formula is C18H23N3O3. The number of benzene rings is 1. The van der Waals surface area contributed by atoms with Crippen molar-refractivity contribution < 1.29 is 9.53 Å². The minimum absolute atomic E-state index is 0.171. The van der Waals surface area contributed by atoms with E-state index in [1.165, 1.54) is 26.4 Å². The number of hydrogen-bond acceptors (Lipinski definition) is 5. The van der Waals surface area contributed by atoms with Crippen molar-refractivity contribution in [2.24, 2.45) is 5.92 Å². The van der Waals surface area contributed by atoms with Crippen molar-refractivity contribution in [3.8, 4) is 0 Å². The van der Waals surface area contributed by atoms with Gasteiger partial charge >= 0.3 is 5.97 Å². The summed E-state index contributed by atoms with van der Waals surface area (Å²) in [5.74, 6) is 0.936. The molecule has 6 heteroatoms. The van der Waals surface area contributed by atoms with Crippen LogP contribution >= 0.6 is 0 Å². The first-order chi connectivity index (χ1) is 11.6. The quantitative estimate of drug-likeness (QED) is 0.871. The molecule has 6 nitrogen and oxygen atoms in total. The van der Waals surface area contributed by atoms with Crippen LogP contribution in [0, 0.1) is 5.92 Å². The first-order valence-corrected chi connectivity index (χ1v) is 8.44. The molecule has 1 saturated heterocycles. The van der Waals surface area contributed by atoms with Crippen LogP contribution in [0.4, 0.5) is 0 Å². The summed E-state index contributed by atoms with van der Waals surface area (Å²) in [6.45, 7) is 4.92. The van der Waals surface area contributed by atoms with Gasteiger partial charge in [-0.2, -0.15) is 0 Å². The van der Waals surface area contributed by atoms with Gasteiger partial charge in [0.25, 0.3) is 5.56 Å². The second kappa shape index (κ2) is 7.13. The molecule has 3 rings (SSSR count). The monoisotopic (exact) mass is 329 g/mol. The molecule has 0 saturated carbocycles. The van der Waals surface area contributed by atoms with Crippen LogP contribution in [-0.4, -0.2) is 41.0 Å². The molecule has 1 atom stereocenters. The SMILES string of the molecule is CC[C@@H]1CCCN(Cc2nc3cc(C(=O)OC)ccc3c(=O)[nH]2)C1. The maximum absolute atomic E-state index is 12.3. The summed E-state index contributed by atoms with van der Waals surface area (Å²) >= 11 is 0. The molecule has 0 aliphatic carbocycles. The van der Waals surface area contributed by atoms with Gasteiger partial charge in [-0.15, -0.1) is 0 Å². The van der Waals surface area contributed by atoms with E-state index in [0.29, 0.717) is 28.8 Å². The number of ether oxygens (including phenoxy) is 1. The summed E-state index contributed by atoms with van der Waals surface area (Å²) in [7, 11) is 1.34. The van der Waals surface area contributed by atoms with Crippen LogP contribution in [0.5, 0.6) is 0 Å². The number of methoxy groups -OCH3 is 1. The van der Waals surface area contributed by atoms with E-state index in [9.17, 15) is 9.59 Å². The molecule has 0 unspecified atom stereocenters. The molecule has 128 valence electrons. The molecule has 0 radical (unpaired) electrons. The first kappa shape index (κ1) is 16.6. The van der Waals surface area contributed by atoms with Gasteiger partial charge in [0.1, 0.15) is 5.82 Å². The Morgan fingerprint density at radius 1 is 1.46 bits per heavy atom. The van der Waals surface area contributed by atoms with E-state index in [2.05, 4.69) is 21.8 Å². The molecule has 1 aliphatic heterocycles. The van der Waals surface area contributed by atoms with Crippen molar-refractivity contribution in [3.63, 3.8) is 0 Å². The lowest BCUT2D eigenvalue weighted by Gasteiger charge is -2.31. The van der Waals surface area contributed by atoms with Crippen LogP contribution in [0.25, 0.3) is 10.9 Å². The van der Waals surface area contributed by atoms with Crippen molar-refractivity contribution in [1.29, 1.82) is 0 Å². The smallest absolute Gasteiger partial charge is 0.337 e. The standard InChI is InChI=1S/C18H23N3O3/c1-3-12-5-4-8-21(10-12)11-16-19-15-9-13(18(23)24-2)6-7-14(15)17(22)20-16/h6-7,9,12H,3-5,8,10-11H2,1-2H3,(H,19,20,22)/t12-/m1/s1. The number of nitrogens with zero attached hydrogens (tertiary/aromatic N) is 2. The minimum atomic E-state index is -0.428. The van der Waals surface area contributed by atoms with E-state index in [1.807, 2.05) is 0 Å². The van der Waals surface area contributed by atoms with Crippen LogP contribution in [0.2, 0.25) is 0 Å². The number of carbonyl (C=O) groups excluding carboxylic acids is 1. The zero-order valence-corrected chi connectivity index (χ0v) is 14.2. The molecule has 2 heterocycles. The van der Waals surface area contributed by atoms with Gasteiger partial charge in [0.2, 0.25) is 0 Å². The Labute approximate surface area is 140 Å². The molecule has 24 heavy (non-hydrogen) atoms. The Morgan fingerprint density at radius 2 is 2.29 bits per heavy atom. The Hall–Kier alpha value is -2.21. The van der Waals surface area contributed by atoms with E-state index in [-0.39, 0.29) is 5.56 Å². The number of H-pyrrole nitrogens is 1. The molecule has 1 fully saturated rings. The van der Waals surface area contributed by atoms with Gasteiger partial charge in [0.15, 0.2) is 0 Å². The van der Waals surface area contributed by atoms with Gasteiger partial charge in [0, 0.05) is 6.54 Å². The number of aromatic amines is 1. The van der Waals surface area contributed by atoms with Gasteiger partial charge in [-0.25, -0.2) is 9.78 Å². The zero-order valence-electron chi connectivity index (χ0n) is 14.2. The number of hydrogen-bond donors (Lipinski definition) is 1. The number of likely N-dealkylation sites (tertiary alicyclic amines) is 1. The number of carbonyl (C=O) groups is 1. The van der Waals surface area contributed by atoms with Gasteiger partial charge in [0.05, 0.1) is 30.1 Å². The lowest BCUT2D eigenvalue weighted by Crippen LogP contribution is -2.35. The fourth-order valence-electron chi connectivity index (χ4n) is 3.35. The van der Waals surface area contributed by atoms with Gasteiger partial charge in [-0.3, -0.25) is 9.69 Å². The number of aromatic nitrogens is 2. The van der Waals surface area contributed by atoms with Crippen molar-refractivity contribution in [2.75, 3.05) is 20.2 Å². The number of rotatable bonds is 4. The summed E-state index contributed by atoms with van der Waals surface area (Å²) in [4.78, 5) is 33.7. The van der Waals surface area contributed by atoms with Gasteiger partial charge in [-0.05, 0) is 43.5 Å². The highest BCUT2D eigenvalue weighted by molar-refractivity contribution is 5.93. The Balaban J connectivity index is 1.88. The average molecular weight is 329 g/mol. The number of fused-ring (bicyclic) bond motifs is 1. The lowest BCUT2D eigenvalue weighted by molar-refractivity contribution is 0.0601. The van der Waals surface area contributed by atoms with Crippen LogP contribution in [0.1, 0.15) is 42.4 Å².